The molecule has 2 aromatic heterocycles. The molecule has 0 aliphatic heterocycles. The van der Waals surface area contributed by atoms with E-state index in [-0.39, 0.29) is 0 Å². The quantitative estimate of drug-likeness (QED) is 0.801. The highest BCUT2D eigenvalue weighted by Crippen LogP contribution is 2.20. The third kappa shape index (κ3) is 3.49. The van der Waals surface area contributed by atoms with E-state index < -0.39 is 0 Å². The molecule has 0 unspecified atom stereocenters. The molecule has 1 aliphatic rings. The maximum Gasteiger partial charge on any atom is 0.241 e. The van der Waals surface area contributed by atoms with E-state index in [1.54, 1.807) is 7.05 Å². The SMILES string of the molecule is CCn1nc(CCOC2CCCCC2)nc1-c1nnn(C)n1. The Morgan fingerprint density at radius 1 is 1.18 bits per heavy atom. The monoisotopic (exact) mass is 305 g/mol. The maximum absolute atomic E-state index is 5.94. The summed E-state index contributed by atoms with van der Waals surface area (Å²) in [5, 5.41) is 16.6. The van der Waals surface area contributed by atoms with E-state index in [2.05, 4.69) is 25.5 Å². The molecule has 1 aliphatic carbocycles. The molecule has 120 valence electrons. The zero-order valence-electron chi connectivity index (χ0n) is 13.3. The van der Waals surface area contributed by atoms with Crippen LogP contribution in [0.3, 0.4) is 0 Å². The first-order valence-electron chi connectivity index (χ1n) is 8.06. The minimum atomic E-state index is 0.420. The van der Waals surface area contributed by atoms with Gasteiger partial charge >= 0.3 is 0 Å². The molecule has 0 atom stereocenters. The lowest BCUT2D eigenvalue weighted by atomic mass is 9.98. The van der Waals surface area contributed by atoms with E-state index in [4.69, 9.17) is 4.74 Å². The van der Waals surface area contributed by atoms with Gasteiger partial charge in [-0.05, 0) is 25.0 Å². The average molecular weight is 305 g/mol. The Kier molecular flexibility index (Phi) is 4.77. The van der Waals surface area contributed by atoms with Crippen molar-refractivity contribution in [2.45, 2.75) is 58.1 Å². The Morgan fingerprint density at radius 3 is 2.68 bits per heavy atom. The molecule has 2 heterocycles. The molecular weight excluding hydrogens is 282 g/mol. The Balaban J connectivity index is 1.61. The van der Waals surface area contributed by atoms with Crippen molar-refractivity contribution in [2.24, 2.45) is 7.05 Å². The van der Waals surface area contributed by atoms with Crippen molar-refractivity contribution in [3.8, 4) is 11.6 Å². The standard InChI is InChI=1S/C14H23N7O/c1-3-21-14(13-16-19-20(2)18-13)15-12(17-21)9-10-22-11-7-5-4-6-8-11/h11H,3-10H2,1-2H3. The van der Waals surface area contributed by atoms with Gasteiger partial charge in [0.15, 0.2) is 11.6 Å². The summed E-state index contributed by atoms with van der Waals surface area (Å²) < 4.78 is 7.75. The van der Waals surface area contributed by atoms with E-state index in [1.165, 1.54) is 36.9 Å². The largest absolute Gasteiger partial charge is 0.378 e. The number of hydrogen-bond acceptors (Lipinski definition) is 6. The number of ether oxygens (including phenoxy) is 1. The van der Waals surface area contributed by atoms with Crippen LogP contribution in [0.4, 0.5) is 0 Å². The van der Waals surface area contributed by atoms with Crippen LogP contribution in [0.1, 0.15) is 44.9 Å². The molecule has 0 N–H and O–H groups in total. The molecule has 8 heteroatoms. The van der Waals surface area contributed by atoms with Crippen LogP contribution in [-0.4, -0.2) is 47.7 Å². The molecule has 22 heavy (non-hydrogen) atoms. The van der Waals surface area contributed by atoms with Crippen molar-refractivity contribution >= 4 is 0 Å². The fourth-order valence-corrected chi connectivity index (χ4v) is 2.80. The van der Waals surface area contributed by atoms with Gasteiger partial charge in [0.25, 0.3) is 0 Å². The van der Waals surface area contributed by atoms with Gasteiger partial charge in [0, 0.05) is 13.0 Å². The molecule has 2 aromatic rings. The van der Waals surface area contributed by atoms with E-state index in [1.807, 2.05) is 11.6 Å². The van der Waals surface area contributed by atoms with Crippen LogP contribution < -0.4 is 0 Å². The van der Waals surface area contributed by atoms with Gasteiger partial charge in [-0.1, -0.05) is 19.3 Å². The van der Waals surface area contributed by atoms with Gasteiger partial charge in [-0.15, -0.1) is 10.2 Å². The van der Waals surface area contributed by atoms with Gasteiger partial charge in [-0.25, -0.2) is 9.67 Å². The second-order valence-electron chi connectivity index (χ2n) is 5.65. The predicted octanol–water partition coefficient (Wildman–Crippen LogP) is 1.38. The number of tetrazole rings is 1. The molecule has 0 radical (unpaired) electrons. The van der Waals surface area contributed by atoms with Crippen LogP contribution >= 0.6 is 0 Å². The fraction of sp³-hybridized carbons (Fsp3) is 0.786. The number of nitrogens with zero attached hydrogens (tertiary/aromatic N) is 7. The fourth-order valence-electron chi connectivity index (χ4n) is 2.80. The number of aromatic nitrogens is 7. The van der Waals surface area contributed by atoms with Gasteiger partial charge in [-0.2, -0.15) is 9.90 Å². The van der Waals surface area contributed by atoms with Crippen molar-refractivity contribution in [3.05, 3.63) is 5.82 Å². The average Bonchev–Trinajstić information content (AvgIpc) is 3.14. The summed E-state index contributed by atoms with van der Waals surface area (Å²) in [6.45, 7) is 3.42. The van der Waals surface area contributed by atoms with Crippen molar-refractivity contribution in [1.82, 2.24) is 35.0 Å². The van der Waals surface area contributed by atoms with Gasteiger partial charge in [0.1, 0.15) is 0 Å². The third-order valence-electron chi connectivity index (χ3n) is 3.95. The Morgan fingerprint density at radius 2 is 2.00 bits per heavy atom. The molecule has 0 bridgehead atoms. The summed E-state index contributed by atoms with van der Waals surface area (Å²) in [5.41, 5.74) is 0. The Bertz CT molecular complexity index is 600. The smallest absolute Gasteiger partial charge is 0.241 e. The van der Waals surface area contributed by atoms with Crippen LogP contribution in [0, 0.1) is 0 Å². The number of hydrogen-bond donors (Lipinski definition) is 0. The molecule has 8 nitrogen and oxygen atoms in total. The van der Waals surface area contributed by atoms with Crippen LogP contribution in [0.25, 0.3) is 11.6 Å². The van der Waals surface area contributed by atoms with E-state index in [0.29, 0.717) is 24.4 Å². The van der Waals surface area contributed by atoms with E-state index in [9.17, 15) is 0 Å². The highest BCUT2D eigenvalue weighted by Gasteiger charge is 2.17. The lowest BCUT2D eigenvalue weighted by molar-refractivity contribution is 0.0296. The summed E-state index contributed by atoms with van der Waals surface area (Å²) in [6.07, 6.45) is 7.43. The summed E-state index contributed by atoms with van der Waals surface area (Å²) in [7, 11) is 1.74. The van der Waals surface area contributed by atoms with Crippen LogP contribution in [0.15, 0.2) is 0 Å². The van der Waals surface area contributed by atoms with Crippen molar-refractivity contribution in [3.63, 3.8) is 0 Å². The van der Waals surface area contributed by atoms with Gasteiger partial charge < -0.3 is 4.74 Å². The van der Waals surface area contributed by atoms with Gasteiger partial charge in [0.05, 0.1) is 19.8 Å². The topological polar surface area (TPSA) is 83.5 Å². The zero-order valence-corrected chi connectivity index (χ0v) is 13.3. The van der Waals surface area contributed by atoms with E-state index >= 15 is 0 Å². The first-order valence-corrected chi connectivity index (χ1v) is 8.06. The van der Waals surface area contributed by atoms with Gasteiger partial charge in [0.2, 0.25) is 5.82 Å². The van der Waals surface area contributed by atoms with Crippen molar-refractivity contribution in [1.29, 1.82) is 0 Å². The lowest BCUT2D eigenvalue weighted by Gasteiger charge is -2.21. The molecule has 0 amide bonds. The summed E-state index contributed by atoms with van der Waals surface area (Å²) in [6, 6.07) is 0. The Hall–Kier alpha value is -1.83. The van der Waals surface area contributed by atoms with Gasteiger partial charge in [-0.3, -0.25) is 0 Å². The van der Waals surface area contributed by atoms with Crippen LogP contribution in [-0.2, 0) is 24.8 Å². The van der Waals surface area contributed by atoms with Crippen molar-refractivity contribution in [2.75, 3.05) is 6.61 Å². The normalized spacial score (nSPS) is 16.3. The number of rotatable bonds is 6. The molecular formula is C14H23N7O. The highest BCUT2D eigenvalue weighted by atomic mass is 16.5. The molecule has 0 saturated heterocycles. The third-order valence-corrected chi connectivity index (χ3v) is 3.95. The molecule has 0 spiro atoms. The molecule has 3 rings (SSSR count). The first-order chi connectivity index (χ1) is 10.8. The lowest BCUT2D eigenvalue weighted by Crippen LogP contribution is -2.18. The minimum Gasteiger partial charge on any atom is -0.378 e. The van der Waals surface area contributed by atoms with E-state index in [0.717, 1.165) is 18.8 Å². The van der Waals surface area contributed by atoms with Crippen molar-refractivity contribution < 1.29 is 4.74 Å². The summed E-state index contributed by atoms with van der Waals surface area (Å²) >= 11 is 0. The highest BCUT2D eigenvalue weighted by molar-refractivity contribution is 5.41. The van der Waals surface area contributed by atoms with Crippen LogP contribution in [0.5, 0.6) is 0 Å². The summed E-state index contributed by atoms with van der Waals surface area (Å²) in [4.78, 5) is 5.97. The Labute approximate surface area is 129 Å². The second kappa shape index (κ2) is 6.95. The molecule has 1 saturated carbocycles. The number of aryl methyl sites for hydroxylation is 2. The first kappa shape index (κ1) is 15.1. The maximum atomic E-state index is 5.94. The summed E-state index contributed by atoms with van der Waals surface area (Å²) in [5.74, 6) is 1.96. The second-order valence-corrected chi connectivity index (χ2v) is 5.65. The zero-order chi connectivity index (χ0) is 15.4. The predicted molar refractivity (Wildman–Crippen MR) is 80.0 cm³/mol. The van der Waals surface area contributed by atoms with Crippen LogP contribution in [0.2, 0.25) is 0 Å². The minimum absolute atomic E-state index is 0.420. The molecule has 1 fully saturated rings. The molecule has 0 aromatic carbocycles.